The lowest BCUT2D eigenvalue weighted by molar-refractivity contribution is -0.137. The largest absolute Gasteiger partial charge is 0.496 e. The number of carbonyl (C=O) groups excluding carboxylic acids is 1. The van der Waals surface area contributed by atoms with Crippen LogP contribution >= 0.6 is 0 Å². The quantitative estimate of drug-likeness (QED) is 0.446. The summed E-state index contributed by atoms with van der Waals surface area (Å²) < 4.78 is 11.6. The van der Waals surface area contributed by atoms with Crippen molar-refractivity contribution in [2.45, 2.75) is 47.1 Å². The van der Waals surface area contributed by atoms with E-state index in [-0.39, 0.29) is 0 Å². The Balaban J connectivity index is 2.63. The Bertz CT molecular complexity index is 1040. The van der Waals surface area contributed by atoms with Gasteiger partial charge in [-0.25, -0.2) is 0 Å². The molecule has 0 aliphatic carbocycles. The van der Waals surface area contributed by atoms with Gasteiger partial charge in [-0.2, -0.15) is 0 Å². The van der Waals surface area contributed by atoms with Crippen molar-refractivity contribution < 1.29 is 24.2 Å². The van der Waals surface area contributed by atoms with Gasteiger partial charge in [-0.05, 0) is 57.9 Å². The first-order valence-corrected chi connectivity index (χ1v) is 11.0. The Labute approximate surface area is 195 Å². The summed E-state index contributed by atoms with van der Waals surface area (Å²) in [7, 11) is 3.22. The minimum absolute atomic E-state index is 0.334. The number of aliphatic carboxylic acids is 1. The van der Waals surface area contributed by atoms with E-state index in [9.17, 15) is 9.59 Å². The van der Waals surface area contributed by atoms with Crippen molar-refractivity contribution in [3.05, 3.63) is 46.5 Å². The van der Waals surface area contributed by atoms with E-state index in [0.29, 0.717) is 29.5 Å². The van der Waals surface area contributed by atoms with Crippen molar-refractivity contribution in [3.63, 3.8) is 0 Å². The summed E-state index contributed by atoms with van der Waals surface area (Å²) in [6.07, 6.45) is 2.18. The molecule has 2 aromatic rings. The lowest BCUT2D eigenvalue weighted by Crippen LogP contribution is -2.30. The summed E-state index contributed by atoms with van der Waals surface area (Å²) in [5, 5.41) is 14.7. The van der Waals surface area contributed by atoms with Gasteiger partial charge < -0.3 is 25.2 Å². The molecule has 2 aromatic carbocycles. The zero-order valence-corrected chi connectivity index (χ0v) is 20.5. The van der Waals surface area contributed by atoms with Crippen LogP contribution in [0.3, 0.4) is 0 Å². The number of anilines is 1. The highest BCUT2D eigenvalue weighted by atomic mass is 16.5. The molecule has 0 fully saturated rings. The van der Waals surface area contributed by atoms with Crippen molar-refractivity contribution in [2.75, 3.05) is 26.1 Å². The van der Waals surface area contributed by atoms with E-state index in [2.05, 4.69) is 24.5 Å². The molecule has 7 heteroatoms. The Hall–Kier alpha value is -3.48. The molecule has 0 saturated carbocycles. The topological polar surface area (TPSA) is 96.9 Å². The summed E-state index contributed by atoms with van der Waals surface area (Å²) in [5.74, 6) is -0.172. The highest BCUT2D eigenvalue weighted by Crippen LogP contribution is 2.45. The fraction of sp³-hybridized carbons (Fsp3) is 0.385. The van der Waals surface area contributed by atoms with Gasteiger partial charge in [0, 0.05) is 39.6 Å². The molecule has 1 amide bonds. The van der Waals surface area contributed by atoms with Gasteiger partial charge in [0.05, 0.1) is 14.2 Å². The third kappa shape index (κ3) is 6.06. The smallest absolute Gasteiger partial charge is 0.322 e. The van der Waals surface area contributed by atoms with Crippen molar-refractivity contribution >= 4 is 23.6 Å². The molecule has 0 radical (unpaired) electrons. The number of rotatable bonds is 10. The minimum atomic E-state index is -1.09. The molecule has 0 saturated heterocycles. The van der Waals surface area contributed by atoms with Crippen molar-refractivity contribution in [1.82, 2.24) is 5.32 Å². The van der Waals surface area contributed by atoms with E-state index >= 15 is 0 Å². The fourth-order valence-electron chi connectivity index (χ4n) is 3.84. The molecule has 0 heterocycles. The number of hydrogen-bond donors (Lipinski definition) is 3. The van der Waals surface area contributed by atoms with Gasteiger partial charge in [-0.15, -0.1) is 0 Å². The van der Waals surface area contributed by atoms with Crippen LogP contribution in [-0.4, -0.2) is 43.8 Å². The van der Waals surface area contributed by atoms with Crippen LogP contribution in [0, 0.1) is 13.8 Å². The normalized spacial score (nSPS) is 11.3. The first-order chi connectivity index (χ1) is 15.6. The van der Waals surface area contributed by atoms with Crippen LogP contribution in [0.25, 0.3) is 17.2 Å². The molecular formula is C26H34N2O5. The maximum atomic E-state index is 12.5. The average molecular weight is 455 g/mol. The first kappa shape index (κ1) is 25.8. The monoisotopic (exact) mass is 454 g/mol. The fourth-order valence-corrected chi connectivity index (χ4v) is 3.84. The van der Waals surface area contributed by atoms with Gasteiger partial charge in [0.2, 0.25) is 5.91 Å². The number of benzene rings is 2. The molecule has 7 nitrogen and oxygen atoms in total. The van der Waals surface area contributed by atoms with Crippen molar-refractivity contribution in [2.24, 2.45) is 0 Å². The summed E-state index contributed by atoms with van der Waals surface area (Å²) in [6.45, 7) is 9.48. The molecule has 0 aliphatic rings. The van der Waals surface area contributed by atoms with Crippen LogP contribution in [0.15, 0.2) is 29.8 Å². The number of amides is 1. The molecular weight excluding hydrogens is 420 g/mol. The summed E-state index contributed by atoms with van der Waals surface area (Å²) in [6, 6.07) is 8.49. The molecule has 2 rings (SSSR count). The second-order valence-electron chi connectivity index (χ2n) is 8.08. The number of carboxylic acid groups (broad SMARTS) is 1. The van der Waals surface area contributed by atoms with Gasteiger partial charge in [0.1, 0.15) is 18.0 Å². The zero-order valence-electron chi connectivity index (χ0n) is 20.5. The van der Waals surface area contributed by atoms with Crippen molar-refractivity contribution in [3.8, 4) is 22.6 Å². The molecule has 0 aromatic heterocycles. The summed E-state index contributed by atoms with van der Waals surface area (Å²) in [5.41, 5.74) is 5.85. The number of ether oxygens (including phenoxy) is 2. The van der Waals surface area contributed by atoms with Gasteiger partial charge in [-0.3, -0.25) is 9.59 Å². The highest BCUT2D eigenvalue weighted by molar-refractivity contribution is 6.00. The second-order valence-corrected chi connectivity index (χ2v) is 8.08. The third-order valence-electron chi connectivity index (χ3n) is 5.36. The van der Waals surface area contributed by atoms with Gasteiger partial charge in [0.15, 0.2) is 0 Å². The zero-order chi connectivity index (χ0) is 24.7. The molecule has 178 valence electrons. The Morgan fingerprint density at radius 2 is 1.64 bits per heavy atom. The van der Waals surface area contributed by atoms with Crippen LogP contribution < -0.4 is 20.1 Å². The van der Waals surface area contributed by atoms with E-state index in [1.54, 1.807) is 20.3 Å². The predicted molar refractivity (Wildman–Crippen MR) is 132 cm³/mol. The van der Waals surface area contributed by atoms with Crippen LogP contribution in [-0.2, 0) is 9.59 Å². The maximum Gasteiger partial charge on any atom is 0.322 e. The molecule has 0 unspecified atom stereocenters. The number of hydrogen-bond acceptors (Lipinski definition) is 5. The number of carboxylic acids is 1. The lowest BCUT2D eigenvalue weighted by atomic mass is 9.90. The van der Waals surface area contributed by atoms with Crippen LogP contribution in [0.5, 0.6) is 11.5 Å². The van der Waals surface area contributed by atoms with Gasteiger partial charge >= 0.3 is 5.97 Å². The Morgan fingerprint density at radius 1 is 1.03 bits per heavy atom. The molecule has 0 bridgehead atoms. The van der Waals surface area contributed by atoms with E-state index in [1.165, 1.54) is 0 Å². The van der Waals surface area contributed by atoms with E-state index in [0.717, 1.165) is 33.5 Å². The highest BCUT2D eigenvalue weighted by Gasteiger charge is 2.22. The number of carbonyl (C=O) groups is 2. The molecule has 0 aliphatic heterocycles. The van der Waals surface area contributed by atoms with Crippen LogP contribution in [0.2, 0.25) is 0 Å². The average Bonchev–Trinajstić information content (AvgIpc) is 2.77. The number of methoxy groups -OCH3 is 2. The molecule has 33 heavy (non-hydrogen) atoms. The minimum Gasteiger partial charge on any atom is -0.496 e. The first-order valence-electron chi connectivity index (χ1n) is 11.0. The molecule has 0 atom stereocenters. The predicted octanol–water partition coefficient (Wildman–Crippen LogP) is 4.80. The maximum absolute atomic E-state index is 12.5. The van der Waals surface area contributed by atoms with Gasteiger partial charge in [-0.1, -0.05) is 19.1 Å². The van der Waals surface area contributed by atoms with Crippen molar-refractivity contribution in [1.29, 1.82) is 0 Å². The molecule has 0 spiro atoms. The van der Waals surface area contributed by atoms with E-state index in [4.69, 9.17) is 14.6 Å². The summed E-state index contributed by atoms with van der Waals surface area (Å²) >= 11 is 0. The third-order valence-corrected chi connectivity index (χ3v) is 5.36. The standard InChI is InChI=1S/C26H34N2O5/c1-8-18(26(31)27-14-22(29)30)13-21-16(4)25(33-7)23(17(5)24(21)32-6)19-9-11-20(12-10-19)28-15(2)3/h9-13,15,28H,8,14H2,1-7H3,(H,27,31)(H,29,30)/b18-13+. The lowest BCUT2D eigenvalue weighted by Gasteiger charge is -2.22. The summed E-state index contributed by atoms with van der Waals surface area (Å²) in [4.78, 5) is 23.3. The van der Waals surface area contributed by atoms with Crippen LogP contribution in [0.1, 0.15) is 43.9 Å². The van der Waals surface area contributed by atoms with Gasteiger partial charge in [0.25, 0.3) is 0 Å². The Kier molecular flexibility index (Phi) is 8.91. The molecule has 3 N–H and O–H groups in total. The SMILES string of the molecule is CC/C(=C\c1c(C)c(OC)c(-c2ccc(NC(C)C)cc2)c(C)c1OC)C(=O)NCC(=O)O. The van der Waals surface area contributed by atoms with Crippen LogP contribution in [0.4, 0.5) is 5.69 Å². The van der Waals surface area contributed by atoms with E-state index < -0.39 is 18.4 Å². The second kappa shape index (κ2) is 11.4. The Morgan fingerprint density at radius 3 is 2.12 bits per heavy atom. The van der Waals surface area contributed by atoms with E-state index in [1.807, 2.05) is 45.0 Å². The number of nitrogens with one attached hydrogen (secondary N) is 2.